The molecule has 0 aliphatic rings. The lowest BCUT2D eigenvalue weighted by molar-refractivity contribution is -0.135. The van der Waals surface area contributed by atoms with E-state index < -0.39 is 12.6 Å². The molecule has 0 unspecified atom stereocenters. The Morgan fingerprint density at radius 1 is 1.00 bits per heavy atom. The summed E-state index contributed by atoms with van der Waals surface area (Å²) < 4.78 is 36.1. The molecule has 0 aliphatic heterocycles. The fourth-order valence-corrected chi connectivity index (χ4v) is 2.29. The first kappa shape index (κ1) is 25.0. The van der Waals surface area contributed by atoms with Crippen molar-refractivity contribution in [2.24, 2.45) is 4.99 Å². The van der Waals surface area contributed by atoms with E-state index in [0.717, 1.165) is 13.1 Å². The largest absolute Gasteiger partial charge is 0.389 e. The standard InChI is InChI=1S/C15H31F3N4.HI/c1-12(2)22(13(3)4)11-10-21-14(19-5)20-9-7-6-8-15(16,17)18;/h12-13H,6-11H2,1-5H3,(H2,19,20,21);1H. The van der Waals surface area contributed by atoms with E-state index in [9.17, 15) is 13.2 Å². The number of nitrogens with one attached hydrogen (secondary N) is 2. The molecule has 0 aromatic carbocycles. The molecule has 0 fully saturated rings. The number of alkyl halides is 3. The molecule has 0 amide bonds. The first-order chi connectivity index (χ1) is 10.2. The molecule has 0 spiro atoms. The maximum absolute atomic E-state index is 12.0. The second-order valence-electron chi connectivity index (χ2n) is 5.92. The molecule has 23 heavy (non-hydrogen) atoms. The quantitative estimate of drug-likeness (QED) is 0.243. The van der Waals surface area contributed by atoms with E-state index in [1.165, 1.54) is 0 Å². The summed E-state index contributed by atoms with van der Waals surface area (Å²) in [5.41, 5.74) is 0. The van der Waals surface area contributed by atoms with Crippen molar-refractivity contribution in [1.82, 2.24) is 15.5 Å². The average Bonchev–Trinajstić information content (AvgIpc) is 2.38. The summed E-state index contributed by atoms with van der Waals surface area (Å²) in [7, 11) is 1.66. The van der Waals surface area contributed by atoms with Crippen LogP contribution in [0, 0.1) is 0 Å². The van der Waals surface area contributed by atoms with Gasteiger partial charge in [0.2, 0.25) is 0 Å². The summed E-state index contributed by atoms with van der Waals surface area (Å²) >= 11 is 0. The van der Waals surface area contributed by atoms with Crippen LogP contribution in [0.4, 0.5) is 13.2 Å². The van der Waals surface area contributed by atoms with Crippen LogP contribution in [0.2, 0.25) is 0 Å². The zero-order chi connectivity index (χ0) is 17.2. The molecule has 0 saturated carbocycles. The van der Waals surface area contributed by atoms with Gasteiger partial charge in [-0.05, 0) is 40.5 Å². The predicted molar refractivity (Wildman–Crippen MR) is 102 cm³/mol. The van der Waals surface area contributed by atoms with Gasteiger partial charge in [-0.1, -0.05) is 0 Å². The Labute approximate surface area is 155 Å². The Morgan fingerprint density at radius 3 is 1.96 bits per heavy atom. The summed E-state index contributed by atoms with van der Waals surface area (Å²) in [6.45, 7) is 10.8. The molecule has 0 aromatic heterocycles. The van der Waals surface area contributed by atoms with Crippen molar-refractivity contribution in [3.63, 3.8) is 0 Å². The van der Waals surface area contributed by atoms with Gasteiger partial charge in [0.15, 0.2) is 5.96 Å². The van der Waals surface area contributed by atoms with E-state index in [1.54, 1.807) is 7.05 Å². The zero-order valence-electron chi connectivity index (χ0n) is 14.8. The van der Waals surface area contributed by atoms with Crippen LogP contribution in [-0.2, 0) is 0 Å². The highest BCUT2D eigenvalue weighted by atomic mass is 127. The molecule has 0 bridgehead atoms. The van der Waals surface area contributed by atoms with Crippen LogP contribution in [0.25, 0.3) is 0 Å². The fourth-order valence-electron chi connectivity index (χ4n) is 2.29. The van der Waals surface area contributed by atoms with Gasteiger partial charge in [0.05, 0.1) is 0 Å². The van der Waals surface area contributed by atoms with Crippen molar-refractivity contribution in [1.29, 1.82) is 0 Å². The van der Waals surface area contributed by atoms with E-state index in [2.05, 4.69) is 48.2 Å². The van der Waals surface area contributed by atoms with Crippen LogP contribution in [-0.4, -0.2) is 55.8 Å². The van der Waals surface area contributed by atoms with Crippen LogP contribution >= 0.6 is 24.0 Å². The number of guanidine groups is 1. The van der Waals surface area contributed by atoms with E-state index in [0.29, 0.717) is 31.0 Å². The zero-order valence-corrected chi connectivity index (χ0v) is 17.2. The van der Waals surface area contributed by atoms with Crippen LogP contribution in [0.5, 0.6) is 0 Å². The van der Waals surface area contributed by atoms with Crippen LogP contribution in [0.3, 0.4) is 0 Å². The number of hydrogen-bond acceptors (Lipinski definition) is 2. The predicted octanol–water partition coefficient (Wildman–Crippen LogP) is 3.62. The highest BCUT2D eigenvalue weighted by Gasteiger charge is 2.25. The Bertz CT molecular complexity index is 312. The number of hydrogen-bond donors (Lipinski definition) is 2. The molecule has 0 heterocycles. The highest BCUT2D eigenvalue weighted by Crippen LogP contribution is 2.21. The Kier molecular flexibility index (Phi) is 14.2. The number of rotatable bonds is 9. The molecule has 4 nitrogen and oxygen atoms in total. The third kappa shape index (κ3) is 13.8. The number of halogens is 4. The van der Waals surface area contributed by atoms with Gasteiger partial charge in [0, 0.05) is 45.2 Å². The minimum absolute atomic E-state index is 0. The van der Waals surface area contributed by atoms with E-state index >= 15 is 0 Å². The van der Waals surface area contributed by atoms with E-state index in [1.807, 2.05) is 0 Å². The van der Waals surface area contributed by atoms with Crippen LogP contribution in [0.1, 0.15) is 47.0 Å². The van der Waals surface area contributed by atoms with Crippen molar-refractivity contribution in [3.8, 4) is 0 Å². The van der Waals surface area contributed by atoms with Gasteiger partial charge < -0.3 is 10.6 Å². The Morgan fingerprint density at radius 2 is 1.52 bits per heavy atom. The fraction of sp³-hybridized carbons (Fsp3) is 0.933. The van der Waals surface area contributed by atoms with Crippen molar-refractivity contribution < 1.29 is 13.2 Å². The molecular weight excluding hydrogens is 420 g/mol. The number of unbranched alkanes of at least 4 members (excludes halogenated alkanes) is 1. The topological polar surface area (TPSA) is 39.7 Å². The summed E-state index contributed by atoms with van der Waals surface area (Å²) in [5.74, 6) is 0.638. The molecule has 0 radical (unpaired) electrons. The molecular formula is C15H32F3IN4. The molecule has 2 N–H and O–H groups in total. The molecule has 140 valence electrons. The van der Waals surface area contributed by atoms with Crippen molar-refractivity contribution in [2.45, 2.75) is 65.2 Å². The van der Waals surface area contributed by atoms with E-state index in [4.69, 9.17) is 0 Å². The van der Waals surface area contributed by atoms with Gasteiger partial charge in [-0.25, -0.2) is 0 Å². The van der Waals surface area contributed by atoms with Gasteiger partial charge in [-0.2, -0.15) is 13.2 Å². The third-order valence-electron chi connectivity index (χ3n) is 3.39. The SMILES string of the molecule is CN=C(NCCCCC(F)(F)F)NCCN(C(C)C)C(C)C.I. The molecule has 0 rings (SSSR count). The summed E-state index contributed by atoms with van der Waals surface area (Å²) in [4.78, 5) is 6.44. The normalized spacial score (nSPS) is 12.7. The Hall–Kier alpha value is -0.250. The second-order valence-corrected chi connectivity index (χ2v) is 5.92. The minimum Gasteiger partial charge on any atom is -0.356 e. The molecule has 0 aliphatic carbocycles. The average molecular weight is 452 g/mol. The number of nitrogens with zero attached hydrogens (tertiary/aromatic N) is 2. The van der Waals surface area contributed by atoms with Crippen LogP contribution in [0.15, 0.2) is 4.99 Å². The van der Waals surface area contributed by atoms with Gasteiger partial charge in [-0.15, -0.1) is 24.0 Å². The Balaban J connectivity index is 0. The first-order valence-electron chi connectivity index (χ1n) is 7.94. The summed E-state index contributed by atoms with van der Waals surface area (Å²) in [6.07, 6.45) is -4.16. The molecule has 0 saturated heterocycles. The highest BCUT2D eigenvalue weighted by molar-refractivity contribution is 14.0. The number of aliphatic imine (C=N–C) groups is 1. The van der Waals surface area contributed by atoms with Crippen molar-refractivity contribution >= 4 is 29.9 Å². The molecule has 0 atom stereocenters. The lowest BCUT2D eigenvalue weighted by atomic mass is 10.2. The minimum atomic E-state index is -4.06. The van der Waals surface area contributed by atoms with Crippen molar-refractivity contribution in [2.75, 3.05) is 26.7 Å². The van der Waals surface area contributed by atoms with Gasteiger partial charge >= 0.3 is 6.18 Å². The monoisotopic (exact) mass is 452 g/mol. The van der Waals surface area contributed by atoms with Gasteiger partial charge in [0.1, 0.15) is 0 Å². The van der Waals surface area contributed by atoms with Gasteiger partial charge in [-0.3, -0.25) is 9.89 Å². The van der Waals surface area contributed by atoms with Gasteiger partial charge in [0.25, 0.3) is 0 Å². The molecule has 8 heteroatoms. The van der Waals surface area contributed by atoms with Crippen molar-refractivity contribution in [3.05, 3.63) is 0 Å². The second kappa shape index (κ2) is 13.1. The summed E-state index contributed by atoms with van der Waals surface area (Å²) in [6, 6.07) is 0.943. The lowest BCUT2D eigenvalue weighted by Gasteiger charge is -2.30. The van der Waals surface area contributed by atoms with E-state index in [-0.39, 0.29) is 30.4 Å². The summed E-state index contributed by atoms with van der Waals surface area (Å²) in [5, 5.41) is 6.23. The first-order valence-corrected chi connectivity index (χ1v) is 7.94. The molecule has 0 aromatic rings. The lowest BCUT2D eigenvalue weighted by Crippen LogP contribution is -2.45. The maximum atomic E-state index is 12.0. The third-order valence-corrected chi connectivity index (χ3v) is 3.39. The van der Waals surface area contributed by atoms with Crippen LogP contribution < -0.4 is 10.6 Å². The smallest absolute Gasteiger partial charge is 0.356 e. The maximum Gasteiger partial charge on any atom is 0.389 e.